The molecule has 1 saturated heterocycles. The van der Waals surface area contributed by atoms with E-state index in [1.807, 2.05) is 6.92 Å². The summed E-state index contributed by atoms with van der Waals surface area (Å²) >= 11 is 0. The Morgan fingerprint density at radius 2 is 1.95 bits per heavy atom. The van der Waals surface area contributed by atoms with Gasteiger partial charge in [-0.1, -0.05) is 33.6 Å². The van der Waals surface area contributed by atoms with Crippen LogP contribution in [0.3, 0.4) is 0 Å². The van der Waals surface area contributed by atoms with E-state index in [1.54, 1.807) is 8.61 Å². The molecule has 0 aromatic heterocycles. The van der Waals surface area contributed by atoms with E-state index in [0.717, 1.165) is 25.7 Å². The van der Waals surface area contributed by atoms with Crippen LogP contribution in [0.4, 0.5) is 0 Å². The molecule has 1 atom stereocenters. The van der Waals surface area contributed by atoms with Crippen molar-refractivity contribution in [3.63, 3.8) is 0 Å². The van der Waals surface area contributed by atoms with Gasteiger partial charge in [0, 0.05) is 32.8 Å². The second-order valence-corrected chi connectivity index (χ2v) is 7.62. The number of piperidine rings is 1. The van der Waals surface area contributed by atoms with Crippen molar-refractivity contribution < 1.29 is 13.5 Å². The summed E-state index contributed by atoms with van der Waals surface area (Å²) in [4.78, 5) is 0. The van der Waals surface area contributed by atoms with Crippen molar-refractivity contribution >= 4 is 10.2 Å². The van der Waals surface area contributed by atoms with Gasteiger partial charge in [0.2, 0.25) is 0 Å². The minimum atomic E-state index is -3.38. The zero-order valence-electron chi connectivity index (χ0n) is 13.1. The molecule has 1 aliphatic rings. The Morgan fingerprint density at radius 1 is 1.30 bits per heavy atom. The highest BCUT2D eigenvalue weighted by atomic mass is 32.2. The van der Waals surface area contributed by atoms with Crippen molar-refractivity contribution in [2.24, 2.45) is 11.8 Å². The molecule has 5 nitrogen and oxygen atoms in total. The Kier molecular flexibility index (Phi) is 7.43. The quantitative estimate of drug-likeness (QED) is 0.742. The van der Waals surface area contributed by atoms with E-state index >= 15 is 0 Å². The van der Waals surface area contributed by atoms with Crippen molar-refractivity contribution in [2.75, 3.05) is 32.8 Å². The first-order valence-electron chi connectivity index (χ1n) is 7.85. The Morgan fingerprint density at radius 3 is 2.45 bits per heavy atom. The third-order valence-corrected chi connectivity index (χ3v) is 6.41. The van der Waals surface area contributed by atoms with Crippen LogP contribution in [0.25, 0.3) is 0 Å². The minimum absolute atomic E-state index is 0.0741. The Balaban J connectivity index is 2.77. The van der Waals surface area contributed by atoms with Gasteiger partial charge in [0.05, 0.1) is 0 Å². The van der Waals surface area contributed by atoms with Gasteiger partial charge in [-0.2, -0.15) is 17.0 Å². The van der Waals surface area contributed by atoms with Gasteiger partial charge >= 0.3 is 0 Å². The Bertz CT molecular complexity index is 369. The molecule has 1 rings (SSSR count). The van der Waals surface area contributed by atoms with Crippen molar-refractivity contribution in [3.05, 3.63) is 0 Å². The molecule has 0 aromatic carbocycles. The van der Waals surface area contributed by atoms with E-state index in [2.05, 4.69) is 13.8 Å². The van der Waals surface area contributed by atoms with Crippen LogP contribution in [0, 0.1) is 11.8 Å². The molecule has 0 aliphatic carbocycles. The van der Waals surface area contributed by atoms with Gasteiger partial charge in [0.25, 0.3) is 10.2 Å². The van der Waals surface area contributed by atoms with Crippen LogP contribution < -0.4 is 0 Å². The molecule has 0 amide bonds. The fraction of sp³-hybridized carbons (Fsp3) is 1.00. The first kappa shape index (κ1) is 17.9. The molecule has 0 radical (unpaired) electrons. The molecular formula is C14H30N2O3S. The van der Waals surface area contributed by atoms with Crippen molar-refractivity contribution in [3.8, 4) is 0 Å². The topological polar surface area (TPSA) is 60.9 Å². The standard InChI is InChI=1S/C14H30N2O3S/c1-4-13(5-2)10-15(6-3)20(18,19)16-9-7-8-14(11-16)12-17/h13-14,17H,4-12H2,1-3H3. The number of rotatable bonds is 8. The maximum atomic E-state index is 12.7. The van der Waals surface area contributed by atoms with Crippen LogP contribution >= 0.6 is 0 Å². The average Bonchev–Trinajstić information content (AvgIpc) is 2.48. The van der Waals surface area contributed by atoms with Gasteiger partial charge in [-0.25, -0.2) is 0 Å². The van der Waals surface area contributed by atoms with Crippen LogP contribution in [0.5, 0.6) is 0 Å². The van der Waals surface area contributed by atoms with Gasteiger partial charge < -0.3 is 5.11 Å². The molecule has 20 heavy (non-hydrogen) atoms. The third kappa shape index (κ3) is 4.41. The van der Waals surface area contributed by atoms with Crippen LogP contribution in [0.1, 0.15) is 46.5 Å². The highest BCUT2D eigenvalue weighted by Crippen LogP contribution is 2.22. The molecule has 6 heteroatoms. The third-order valence-electron chi connectivity index (χ3n) is 4.36. The molecule has 1 aliphatic heterocycles. The molecule has 1 fully saturated rings. The van der Waals surface area contributed by atoms with Gasteiger partial charge in [-0.05, 0) is 24.7 Å². The number of aliphatic hydroxyl groups excluding tert-OH is 1. The van der Waals surface area contributed by atoms with E-state index in [9.17, 15) is 13.5 Å². The molecular weight excluding hydrogens is 276 g/mol. The highest BCUT2D eigenvalue weighted by Gasteiger charge is 2.33. The summed E-state index contributed by atoms with van der Waals surface area (Å²) in [5, 5.41) is 9.26. The fourth-order valence-corrected chi connectivity index (χ4v) is 4.58. The summed E-state index contributed by atoms with van der Waals surface area (Å²) in [5.41, 5.74) is 0. The summed E-state index contributed by atoms with van der Waals surface area (Å²) in [6.07, 6.45) is 3.76. The zero-order valence-corrected chi connectivity index (χ0v) is 13.9. The second kappa shape index (κ2) is 8.32. The Labute approximate surface area is 124 Å². The molecule has 1 unspecified atom stereocenters. The number of nitrogens with zero attached hydrogens (tertiary/aromatic N) is 2. The minimum Gasteiger partial charge on any atom is -0.396 e. The lowest BCUT2D eigenvalue weighted by atomic mass is 10.0. The van der Waals surface area contributed by atoms with Crippen molar-refractivity contribution in [1.29, 1.82) is 0 Å². The molecule has 1 N–H and O–H groups in total. The molecule has 0 bridgehead atoms. The fourth-order valence-electron chi connectivity index (χ4n) is 2.77. The second-order valence-electron chi connectivity index (χ2n) is 5.69. The Hall–Kier alpha value is -0.170. The predicted octanol–water partition coefficient (Wildman–Crippen LogP) is 1.69. The highest BCUT2D eigenvalue weighted by molar-refractivity contribution is 7.86. The first-order valence-corrected chi connectivity index (χ1v) is 9.25. The number of aliphatic hydroxyl groups is 1. The summed E-state index contributed by atoms with van der Waals surface area (Å²) in [5.74, 6) is 0.508. The van der Waals surface area contributed by atoms with E-state index in [4.69, 9.17) is 0 Å². The monoisotopic (exact) mass is 306 g/mol. The lowest BCUT2D eigenvalue weighted by Gasteiger charge is -2.35. The van der Waals surface area contributed by atoms with Gasteiger partial charge in [-0.3, -0.25) is 0 Å². The lowest BCUT2D eigenvalue weighted by molar-refractivity contribution is 0.160. The number of hydrogen-bond donors (Lipinski definition) is 1. The van der Waals surface area contributed by atoms with Gasteiger partial charge in [0.15, 0.2) is 0 Å². The molecule has 120 valence electrons. The maximum absolute atomic E-state index is 12.7. The van der Waals surface area contributed by atoms with Gasteiger partial charge in [-0.15, -0.1) is 0 Å². The van der Waals surface area contributed by atoms with E-state index in [-0.39, 0.29) is 12.5 Å². The zero-order chi connectivity index (χ0) is 15.2. The largest absolute Gasteiger partial charge is 0.396 e. The summed E-state index contributed by atoms with van der Waals surface area (Å²) in [7, 11) is -3.38. The molecule has 1 heterocycles. The predicted molar refractivity (Wildman–Crippen MR) is 81.6 cm³/mol. The van der Waals surface area contributed by atoms with Crippen molar-refractivity contribution in [1.82, 2.24) is 8.61 Å². The summed E-state index contributed by atoms with van der Waals surface area (Å²) < 4.78 is 28.6. The van der Waals surface area contributed by atoms with E-state index in [1.165, 1.54) is 0 Å². The summed E-state index contributed by atoms with van der Waals surface area (Å²) in [6, 6.07) is 0. The smallest absolute Gasteiger partial charge is 0.281 e. The van der Waals surface area contributed by atoms with Crippen LogP contribution in [-0.4, -0.2) is 54.9 Å². The van der Waals surface area contributed by atoms with Crippen LogP contribution in [0.2, 0.25) is 0 Å². The SMILES string of the molecule is CCC(CC)CN(CC)S(=O)(=O)N1CCCC(CO)C1. The molecule has 0 saturated carbocycles. The van der Waals surface area contributed by atoms with E-state index in [0.29, 0.717) is 32.1 Å². The average molecular weight is 306 g/mol. The van der Waals surface area contributed by atoms with Crippen molar-refractivity contribution in [2.45, 2.75) is 46.5 Å². The molecule has 0 spiro atoms. The maximum Gasteiger partial charge on any atom is 0.281 e. The summed E-state index contributed by atoms with van der Waals surface area (Å²) in [6.45, 7) is 8.34. The van der Waals surface area contributed by atoms with E-state index < -0.39 is 10.2 Å². The number of hydrogen-bond acceptors (Lipinski definition) is 3. The van der Waals surface area contributed by atoms with Gasteiger partial charge in [0.1, 0.15) is 0 Å². The van der Waals surface area contributed by atoms with Crippen LogP contribution in [-0.2, 0) is 10.2 Å². The molecule has 0 aromatic rings. The lowest BCUT2D eigenvalue weighted by Crippen LogP contribution is -2.49. The van der Waals surface area contributed by atoms with Crippen LogP contribution in [0.15, 0.2) is 0 Å². The normalized spacial score (nSPS) is 21.8. The first-order chi connectivity index (χ1) is 9.49.